The van der Waals surface area contributed by atoms with E-state index in [-0.39, 0.29) is 17.5 Å². The van der Waals surface area contributed by atoms with Gasteiger partial charge in [-0.05, 0) is 60.0 Å². The average Bonchev–Trinajstić information content (AvgIpc) is 2.74. The fourth-order valence-electron chi connectivity index (χ4n) is 3.01. The summed E-state index contributed by atoms with van der Waals surface area (Å²) in [4.78, 5) is 14.2. The van der Waals surface area contributed by atoms with Crippen molar-refractivity contribution in [1.82, 2.24) is 0 Å². The average molecular weight is 394 g/mol. The lowest BCUT2D eigenvalue weighted by atomic mass is 10.0. The van der Waals surface area contributed by atoms with Crippen LogP contribution >= 0.6 is 0 Å². The minimum Gasteiger partial charge on any atom is -0.383 e. The molecule has 150 valence electrons. The van der Waals surface area contributed by atoms with Gasteiger partial charge in [0, 0.05) is 24.8 Å². The number of nitrogens with zero attached hydrogens (tertiary/aromatic N) is 1. The smallest absolute Gasteiger partial charge is 0.258 e. The normalized spacial score (nSPS) is 10.6. The van der Waals surface area contributed by atoms with Gasteiger partial charge in [-0.1, -0.05) is 37.6 Å². The predicted octanol–water partition coefficient (Wildman–Crippen LogP) is 6.12. The van der Waals surface area contributed by atoms with Crippen LogP contribution in [0.25, 0.3) is 11.1 Å². The Morgan fingerprint density at radius 1 is 0.931 bits per heavy atom. The molecule has 0 radical (unpaired) electrons. The van der Waals surface area contributed by atoms with E-state index in [1.165, 1.54) is 23.1 Å². The second-order valence-corrected chi connectivity index (χ2v) is 6.89. The first-order chi connectivity index (χ1) is 14.0. The van der Waals surface area contributed by atoms with Gasteiger partial charge in [0.15, 0.2) is 0 Å². The van der Waals surface area contributed by atoms with Crippen LogP contribution in [0.3, 0.4) is 0 Å². The van der Waals surface area contributed by atoms with E-state index in [1.807, 2.05) is 12.1 Å². The van der Waals surface area contributed by atoms with Gasteiger partial charge in [-0.3, -0.25) is 4.79 Å². The Kier molecular flexibility index (Phi) is 6.60. The van der Waals surface area contributed by atoms with Crippen LogP contribution in [0.4, 0.5) is 20.2 Å². The molecule has 0 saturated heterocycles. The molecule has 3 aromatic carbocycles. The summed E-state index contributed by atoms with van der Waals surface area (Å²) in [6.07, 6.45) is 2.00. The van der Waals surface area contributed by atoms with Gasteiger partial charge >= 0.3 is 0 Å². The molecule has 0 bridgehead atoms. The van der Waals surface area contributed by atoms with Gasteiger partial charge in [-0.2, -0.15) is 0 Å². The van der Waals surface area contributed by atoms with Crippen LogP contribution in [0.1, 0.15) is 30.1 Å². The van der Waals surface area contributed by atoms with Crippen LogP contribution in [0, 0.1) is 11.6 Å². The lowest BCUT2D eigenvalue weighted by Crippen LogP contribution is -2.26. The van der Waals surface area contributed by atoms with Gasteiger partial charge in [0.05, 0.1) is 5.69 Å². The van der Waals surface area contributed by atoms with Crippen molar-refractivity contribution in [2.75, 3.05) is 23.8 Å². The highest BCUT2D eigenvalue weighted by atomic mass is 19.1. The molecular weight excluding hydrogens is 370 g/mol. The van der Waals surface area contributed by atoms with Crippen LogP contribution < -0.4 is 10.2 Å². The van der Waals surface area contributed by atoms with E-state index < -0.39 is 0 Å². The van der Waals surface area contributed by atoms with E-state index in [9.17, 15) is 13.6 Å². The molecule has 1 N–H and O–H groups in total. The summed E-state index contributed by atoms with van der Waals surface area (Å²) in [6, 6.07) is 18.0. The Hall–Kier alpha value is -3.21. The second kappa shape index (κ2) is 9.32. The summed E-state index contributed by atoms with van der Waals surface area (Å²) in [5, 5.41) is 3.06. The molecule has 3 aromatic rings. The van der Waals surface area contributed by atoms with Gasteiger partial charge in [0.1, 0.15) is 11.6 Å². The number of amides is 1. The quantitative estimate of drug-likeness (QED) is 0.490. The van der Waals surface area contributed by atoms with Crippen LogP contribution in [-0.4, -0.2) is 19.5 Å². The summed E-state index contributed by atoms with van der Waals surface area (Å²) < 4.78 is 27.4. The summed E-state index contributed by atoms with van der Waals surface area (Å²) in [5.74, 6) is -0.910. The number of hydrogen-bond acceptors (Lipinski definition) is 2. The minimum absolute atomic E-state index is 0.234. The third-order valence-electron chi connectivity index (χ3n) is 4.80. The Labute approximate surface area is 170 Å². The monoisotopic (exact) mass is 394 g/mol. The Balaban J connectivity index is 1.72. The maximum atomic E-state index is 14.3. The van der Waals surface area contributed by atoms with Gasteiger partial charge in [0.25, 0.3) is 5.91 Å². The van der Waals surface area contributed by atoms with Crippen molar-refractivity contribution in [1.29, 1.82) is 0 Å². The number of anilines is 2. The van der Waals surface area contributed by atoms with Gasteiger partial charge < -0.3 is 10.2 Å². The van der Waals surface area contributed by atoms with Crippen molar-refractivity contribution in [3.8, 4) is 11.1 Å². The molecule has 0 aliphatic carbocycles. The molecule has 5 heteroatoms. The number of unbranched alkanes of at least 4 members (excludes halogenated alkanes) is 1. The highest BCUT2D eigenvalue weighted by Gasteiger charge is 2.15. The third-order valence-corrected chi connectivity index (χ3v) is 4.80. The molecule has 29 heavy (non-hydrogen) atoms. The lowest BCUT2D eigenvalue weighted by molar-refractivity contribution is 0.0993. The van der Waals surface area contributed by atoms with E-state index in [0.29, 0.717) is 23.5 Å². The predicted molar refractivity (Wildman–Crippen MR) is 114 cm³/mol. The van der Waals surface area contributed by atoms with Crippen molar-refractivity contribution >= 4 is 17.3 Å². The first-order valence-electron chi connectivity index (χ1n) is 9.67. The maximum absolute atomic E-state index is 14.3. The van der Waals surface area contributed by atoms with Crippen LogP contribution in [0.5, 0.6) is 0 Å². The van der Waals surface area contributed by atoms with E-state index in [1.54, 1.807) is 43.4 Å². The number of nitrogens with one attached hydrogen (secondary N) is 1. The van der Waals surface area contributed by atoms with Crippen molar-refractivity contribution < 1.29 is 13.6 Å². The minimum atomic E-state index is -0.384. The number of rotatable bonds is 7. The molecule has 0 aliphatic heterocycles. The molecule has 3 nitrogen and oxygen atoms in total. The van der Waals surface area contributed by atoms with E-state index in [4.69, 9.17) is 0 Å². The number of hydrogen-bond donors (Lipinski definition) is 1. The van der Waals surface area contributed by atoms with Crippen molar-refractivity contribution in [2.45, 2.75) is 19.8 Å². The summed E-state index contributed by atoms with van der Waals surface area (Å²) in [7, 11) is 1.62. The molecule has 0 saturated carbocycles. The van der Waals surface area contributed by atoms with Gasteiger partial charge in [-0.15, -0.1) is 0 Å². The van der Waals surface area contributed by atoms with Gasteiger partial charge in [-0.25, -0.2) is 8.78 Å². The number of carbonyl (C=O) groups excluding carboxylic acids is 1. The molecule has 0 heterocycles. The fourth-order valence-corrected chi connectivity index (χ4v) is 3.01. The number of halogens is 2. The largest absolute Gasteiger partial charge is 0.383 e. The molecule has 0 fully saturated rings. The van der Waals surface area contributed by atoms with E-state index >= 15 is 0 Å². The zero-order valence-electron chi connectivity index (χ0n) is 16.6. The van der Waals surface area contributed by atoms with Crippen molar-refractivity contribution in [3.05, 3.63) is 83.9 Å². The summed E-state index contributed by atoms with van der Waals surface area (Å²) >= 11 is 0. The highest BCUT2D eigenvalue weighted by Crippen LogP contribution is 2.24. The molecular formula is C24H24F2N2O. The standard InChI is InChI=1S/C24H24F2N2O/c1-3-4-15-27-23-14-13-21(16-22(23)26)28(2)24(29)19-7-5-17(6-8-19)18-9-11-20(25)12-10-18/h5-14,16,27H,3-4,15H2,1-2H3. The Bertz CT molecular complexity index is 969. The molecule has 3 rings (SSSR count). The van der Waals surface area contributed by atoms with Crippen LogP contribution in [0.2, 0.25) is 0 Å². The van der Waals surface area contributed by atoms with Gasteiger partial charge in [0.2, 0.25) is 0 Å². The van der Waals surface area contributed by atoms with E-state index in [0.717, 1.165) is 24.0 Å². The zero-order valence-corrected chi connectivity index (χ0v) is 16.6. The third kappa shape index (κ3) is 4.99. The summed E-state index contributed by atoms with van der Waals surface area (Å²) in [6.45, 7) is 2.79. The first kappa shape index (κ1) is 20.5. The van der Waals surface area contributed by atoms with Crippen LogP contribution in [0.15, 0.2) is 66.7 Å². The molecule has 0 unspecified atom stereocenters. The molecule has 1 amide bonds. The van der Waals surface area contributed by atoms with E-state index in [2.05, 4.69) is 12.2 Å². The second-order valence-electron chi connectivity index (χ2n) is 6.89. The molecule has 0 aliphatic rings. The fraction of sp³-hybridized carbons (Fsp3) is 0.208. The van der Waals surface area contributed by atoms with Crippen molar-refractivity contribution in [3.63, 3.8) is 0 Å². The maximum Gasteiger partial charge on any atom is 0.258 e. The summed E-state index contributed by atoms with van der Waals surface area (Å²) in [5.41, 5.74) is 3.16. The highest BCUT2D eigenvalue weighted by molar-refractivity contribution is 6.06. The SMILES string of the molecule is CCCCNc1ccc(N(C)C(=O)c2ccc(-c3ccc(F)cc3)cc2)cc1F. The molecule has 0 spiro atoms. The number of carbonyl (C=O) groups is 1. The zero-order chi connectivity index (χ0) is 20.8. The lowest BCUT2D eigenvalue weighted by Gasteiger charge is -2.19. The Morgan fingerprint density at radius 2 is 1.55 bits per heavy atom. The molecule has 0 atom stereocenters. The van der Waals surface area contributed by atoms with Crippen LogP contribution in [-0.2, 0) is 0 Å². The molecule has 0 aromatic heterocycles. The van der Waals surface area contributed by atoms with Crippen molar-refractivity contribution in [2.24, 2.45) is 0 Å². The Morgan fingerprint density at radius 3 is 2.14 bits per heavy atom. The first-order valence-corrected chi connectivity index (χ1v) is 9.67. The number of benzene rings is 3. The topological polar surface area (TPSA) is 32.3 Å².